The maximum Gasteiger partial charge on any atom is 0.305 e. The van der Waals surface area contributed by atoms with Gasteiger partial charge < -0.3 is 4.74 Å². The van der Waals surface area contributed by atoms with Gasteiger partial charge in [0.1, 0.15) is 0 Å². The second kappa shape index (κ2) is 25.7. The smallest absolute Gasteiger partial charge is 0.305 e. The largest absolute Gasteiger partial charge is 0.466 e. The van der Waals surface area contributed by atoms with Gasteiger partial charge in [-0.1, -0.05) is 149 Å². The number of esters is 1. The summed E-state index contributed by atoms with van der Waals surface area (Å²) in [4.78, 5) is 11.8. The average Bonchev–Trinajstić information content (AvgIpc) is 2.75. The van der Waals surface area contributed by atoms with Crippen molar-refractivity contribution in [2.75, 3.05) is 6.61 Å². The van der Waals surface area contributed by atoms with Crippen LogP contribution in [0.2, 0.25) is 0 Å². The number of ether oxygens (including phenoxy) is 1. The summed E-state index contributed by atoms with van der Waals surface area (Å²) in [5, 5.41) is 0. The van der Waals surface area contributed by atoms with Crippen LogP contribution in [-0.2, 0) is 9.53 Å². The Kier molecular flexibility index (Phi) is 25.3. The number of rotatable bonds is 25. The first-order valence-corrected chi connectivity index (χ1v) is 14.3. The molecule has 0 fully saturated rings. The highest BCUT2D eigenvalue weighted by atomic mass is 16.5. The van der Waals surface area contributed by atoms with Crippen LogP contribution in [0.1, 0.15) is 168 Å². The van der Waals surface area contributed by atoms with Gasteiger partial charge in [0.15, 0.2) is 0 Å². The molecule has 0 heterocycles. The molecular formula is C29H58O2. The quantitative estimate of drug-likeness (QED) is 0.105. The standard InChI is InChI=1S/C29H58O2/c1-4-5-6-7-8-9-10-11-12-13-14-15-16-17-20-23-26-29(30)31-27-24-21-18-19-22-25-28(2)3/h28H,4-27H2,1-3H3. The molecule has 0 aliphatic carbocycles. The molecule has 186 valence electrons. The maximum atomic E-state index is 11.8. The normalized spacial score (nSPS) is 11.4. The van der Waals surface area contributed by atoms with Crippen molar-refractivity contribution in [2.24, 2.45) is 5.92 Å². The monoisotopic (exact) mass is 438 g/mol. The Labute approximate surface area is 196 Å². The molecule has 0 aromatic carbocycles. The maximum absolute atomic E-state index is 11.8. The van der Waals surface area contributed by atoms with Gasteiger partial charge in [-0.25, -0.2) is 0 Å². The van der Waals surface area contributed by atoms with E-state index in [9.17, 15) is 4.79 Å². The van der Waals surface area contributed by atoms with Crippen molar-refractivity contribution in [1.82, 2.24) is 0 Å². The lowest BCUT2D eigenvalue weighted by atomic mass is 10.0. The first-order valence-electron chi connectivity index (χ1n) is 14.3. The van der Waals surface area contributed by atoms with Gasteiger partial charge in [-0.15, -0.1) is 0 Å². The zero-order chi connectivity index (χ0) is 22.8. The van der Waals surface area contributed by atoms with E-state index in [-0.39, 0.29) is 5.97 Å². The SMILES string of the molecule is CCCCCCCCCCCCCCCCCCC(=O)OCCCCCCCC(C)C. The summed E-state index contributed by atoms with van der Waals surface area (Å²) >= 11 is 0. The molecule has 0 rings (SSSR count). The molecule has 2 nitrogen and oxygen atoms in total. The summed E-state index contributed by atoms with van der Waals surface area (Å²) < 4.78 is 5.37. The Morgan fingerprint density at radius 3 is 1.39 bits per heavy atom. The minimum Gasteiger partial charge on any atom is -0.466 e. The predicted molar refractivity (Wildman–Crippen MR) is 138 cm³/mol. The van der Waals surface area contributed by atoms with Gasteiger partial charge >= 0.3 is 5.97 Å². The Morgan fingerprint density at radius 1 is 0.548 bits per heavy atom. The fourth-order valence-corrected chi connectivity index (χ4v) is 4.26. The highest BCUT2D eigenvalue weighted by molar-refractivity contribution is 5.69. The van der Waals surface area contributed by atoms with Gasteiger partial charge in [0.2, 0.25) is 0 Å². The molecule has 31 heavy (non-hydrogen) atoms. The third-order valence-corrected chi connectivity index (χ3v) is 6.42. The first kappa shape index (κ1) is 30.5. The second-order valence-electron chi connectivity index (χ2n) is 10.2. The molecule has 0 saturated heterocycles. The number of hydrogen-bond donors (Lipinski definition) is 0. The molecule has 0 saturated carbocycles. The molecule has 0 radical (unpaired) electrons. The van der Waals surface area contributed by atoms with Crippen molar-refractivity contribution in [1.29, 1.82) is 0 Å². The minimum absolute atomic E-state index is 0.0187. The Bertz CT molecular complexity index is 351. The molecule has 0 unspecified atom stereocenters. The summed E-state index contributed by atoms with van der Waals surface area (Å²) in [6.45, 7) is 7.50. The Hall–Kier alpha value is -0.530. The topological polar surface area (TPSA) is 26.3 Å². The number of carbonyl (C=O) groups excluding carboxylic acids is 1. The molecule has 0 aliphatic heterocycles. The highest BCUT2D eigenvalue weighted by Gasteiger charge is 2.03. The van der Waals surface area contributed by atoms with Gasteiger partial charge in [0, 0.05) is 6.42 Å². The average molecular weight is 439 g/mol. The van der Waals surface area contributed by atoms with Gasteiger partial charge in [-0.05, 0) is 18.8 Å². The Balaban J connectivity index is 3.14. The first-order chi connectivity index (χ1) is 15.2. The van der Waals surface area contributed by atoms with Crippen LogP contribution < -0.4 is 0 Å². The lowest BCUT2D eigenvalue weighted by Crippen LogP contribution is -2.05. The van der Waals surface area contributed by atoms with Crippen molar-refractivity contribution >= 4 is 5.97 Å². The van der Waals surface area contributed by atoms with Crippen LogP contribution in [0.25, 0.3) is 0 Å². The highest BCUT2D eigenvalue weighted by Crippen LogP contribution is 2.14. The fraction of sp³-hybridized carbons (Fsp3) is 0.966. The number of hydrogen-bond acceptors (Lipinski definition) is 2. The molecule has 0 atom stereocenters. The number of carbonyl (C=O) groups is 1. The third-order valence-electron chi connectivity index (χ3n) is 6.42. The molecule has 0 aromatic heterocycles. The molecule has 2 heteroatoms. The van der Waals surface area contributed by atoms with Gasteiger partial charge in [0.05, 0.1) is 6.61 Å². The molecule has 0 amide bonds. The van der Waals surface area contributed by atoms with E-state index in [1.54, 1.807) is 0 Å². The van der Waals surface area contributed by atoms with Crippen LogP contribution in [-0.4, -0.2) is 12.6 Å². The van der Waals surface area contributed by atoms with Crippen LogP contribution >= 0.6 is 0 Å². The van der Waals surface area contributed by atoms with Gasteiger partial charge in [-0.2, -0.15) is 0 Å². The van der Waals surface area contributed by atoms with E-state index in [0.717, 1.165) is 18.8 Å². The van der Waals surface area contributed by atoms with Crippen molar-refractivity contribution in [3.05, 3.63) is 0 Å². The summed E-state index contributed by atoms with van der Waals surface area (Å²) in [7, 11) is 0. The van der Waals surface area contributed by atoms with Crippen molar-refractivity contribution in [2.45, 2.75) is 168 Å². The van der Waals surface area contributed by atoms with Crippen LogP contribution in [0.15, 0.2) is 0 Å². The lowest BCUT2D eigenvalue weighted by molar-refractivity contribution is -0.143. The van der Waals surface area contributed by atoms with Crippen LogP contribution in [0.3, 0.4) is 0 Å². The van der Waals surface area contributed by atoms with Gasteiger partial charge in [0.25, 0.3) is 0 Å². The molecule has 0 aromatic rings. The zero-order valence-electron chi connectivity index (χ0n) is 21.9. The third kappa shape index (κ3) is 27.4. The Morgan fingerprint density at radius 2 is 0.935 bits per heavy atom. The van der Waals surface area contributed by atoms with Gasteiger partial charge in [-0.3, -0.25) is 4.79 Å². The molecule has 0 bridgehead atoms. The second-order valence-corrected chi connectivity index (χ2v) is 10.2. The summed E-state index contributed by atoms with van der Waals surface area (Å²) in [5.74, 6) is 0.843. The summed E-state index contributed by atoms with van der Waals surface area (Å²) in [6.07, 6.45) is 30.0. The van der Waals surface area contributed by atoms with E-state index in [0.29, 0.717) is 13.0 Å². The van der Waals surface area contributed by atoms with E-state index < -0.39 is 0 Å². The summed E-state index contributed by atoms with van der Waals surface area (Å²) in [5.41, 5.74) is 0. The predicted octanol–water partition coefficient (Wildman–Crippen LogP) is 10.2. The number of unbranched alkanes of at least 4 members (excludes halogenated alkanes) is 19. The van der Waals surface area contributed by atoms with E-state index in [1.807, 2.05) is 0 Å². The van der Waals surface area contributed by atoms with E-state index in [1.165, 1.54) is 128 Å². The van der Waals surface area contributed by atoms with E-state index in [4.69, 9.17) is 4.74 Å². The van der Waals surface area contributed by atoms with Crippen molar-refractivity contribution in [3.63, 3.8) is 0 Å². The van der Waals surface area contributed by atoms with Crippen LogP contribution in [0, 0.1) is 5.92 Å². The zero-order valence-corrected chi connectivity index (χ0v) is 21.9. The van der Waals surface area contributed by atoms with E-state index in [2.05, 4.69) is 20.8 Å². The lowest BCUT2D eigenvalue weighted by Gasteiger charge is -2.06. The minimum atomic E-state index is 0.0187. The molecule has 0 N–H and O–H groups in total. The van der Waals surface area contributed by atoms with Crippen molar-refractivity contribution in [3.8, 4) is 0 Å². The molecule has 0 spiro atoms. The van der Waals surface area contributed by atoms with E-state index >= 15 is 0 Å². The molecule has 0 aliphatic rings. The molecular weight excluding hydrogens is 380 g/mol. The van der Waals surface area contributed by atoms with Crippen LogP contribution in [0.4, 0.5) is 0 Å². The fourth-order valence-electron chi connectivity index (χ4n) is 4.26. The van der Waals surface area contributed by atoms with Crippen molar-refractivity contribution < 1.29 is 9.53 Å². The summed E-state index contributed by atoms with van der Waals surface area (Å²) in [6, 6.07) is 0. The van der Waals surface area contributed by atoms with Crippen LogP contribution in [0.5, 0.6) is 0 Å².